The standard InChI is InChI=1S/C13H10ClN3O2/c1-7-15-6-11-12(14)16-9-4-3-8(13(18)19-2)5-10(9)17(7)11/h3-6H,1-2H3. The van der Waals surface area contributed by atoms with E-state index in [-0.39, 0.29) is 5.97 Å². The van der Waals surface area contributed by atoms with E-state index in [2.05, 4.69) is 9.97 Å². The summed E-state index contributed by atoms with van der Waals surface area (Å²) in [5.41, 5.74) is 2.66. The quantitative estimate of drug-likeness (QED) is 0.641. The average molecular weight is 276 g/mol. The molecule has 2 aromatic heterocycles. The minimum atomic E-state index is -0.386. The van der Waals surface area contributed by atoms with E-state index in [1.807, 2.05) is 11.3 Å². The Kier molecular flexibility index (Phi) is 2.64. The Morgan fingerprint density at radius 1 is 1.37 bits per heavy atom. The highest BCUT2D eigenvalue weighted by molar-refractivity contribution is 6.33. The van der Waals surface area contributed by atoms with E-state index < -0.39 is 0 Å². The van der Waals surface area contributed by atoms with Crippen molar-refractivity contribution < 1.29 is 9.53 Å². The molecule has 0 aliphatic carbocycles. The molecule has 0 amide bonds. The van der Waals surface area contributed by atoms with Gasteiger partial charge in [-0.05, 0) is 25.1 Å². The molecule has 0 spiro atoms. The number of imidazole rings is 1. The molecule has 0 aliphatic heterocycles. The first kappa shape index (κ1) is 11.9. The molecule has 2 heterocycles. The Morgan fingerprint density at radius 3 is 2.89 bits per heavy atom. The van der Waals surface area contributed by atoms with Crippen molar-refractivity contribution >= 4 is 34.1 Å². The summed E-state index contributed by atoms with van der Waals surface area (Å²) in [7, 11) is 1.35. The molecule has 0 fully saturated rings. The highest BCUT2D eigenvalue weighted by Crippen LogP contribution is 2.24. The van der Waals surface area contributed by atoms with Gasteiger partial charge >= 0.3 is 5.97 Å². The Bertz CT molecular complexity index is 810. The molecule has 0 saturated carbocycles. The van der Waals surface area contributed by atoms with Crippen molar-refractivity contribution in [1.82, 2.24) is 14.4 Å². The van der Waals surface area contributed by atoms with E-state index in [1.54, 1.807) is 24.4 Å². The zero-order valence-corrected chi connectivity index (χ0v) is 11.1. The number of carbonyl (C=O) groups is 1. The number of benzene rings is 1. The van der Waals surface area contributed by atoms with Gasteiger partial charge in [0.2, 0.25) is 0 Å². The SMILES string of the molecule is COC(=O)c1ccc2nc(Cl)c3cnc(C)n3c2c1. The largest absolute Gasteiger partial charge is 0.465 e. The van der Waals surface area contributed by atoms with E-state index in [0.29, 0.717) is 21.7 Å². The fraction of sp³-hybridized carbons (Fsp3) is 0.154. The fourth-order valence-corrected chi connectivity index (χ4v) is 2.32. The summed E-state index contributed by atoms with van der Waals surface area (Å²) in [6, 6.07) is 5.13. The molecule has 0 unspecified atom stereocenters. The predicted molar refractivity (Wildman–Crippen MR) is 71.6 cm³/mol. The zero-order chi connectivity index (χ0) is 13.6. The second-order valence-corrected chi connectivity index (χ2v) is 4.48. The van der Waals surface area contributed by atoms with Gasteiger partial charge in [-0.1, -0.05) is 11.6 Å². The van der Waals surface area contributed by atoms with Crippen LogP contribution in [0.3, 0.4) is 0 Å². The summed E-state index contributed by atoms with van der Waals surface area (Å²) < 4.78 is 6.59. The van der Waals surface area contributed by atoms with Crippen molar-refractivity contribution in [1.29, 1.82) is 0 Å². The van der Waals surface area contributed by atoms with Crippen molar-refractivity contribution in [3.8, 4) is 0 Å². The lowest BCUT2D eigenvalue weighted by Crippen LogP contribution is -2.02. The first-order valence-electron chi connectivity index (χ1n) is 5.63. The van der Waals surface area contributed by atoms with Gasteiger partial charge in [0, 0.05) is 0 Å². The molecule has 3 aromatic rings. The van der Waals surface area contributed by atoms with Gasteiger partial charge < -0.3 is 4.74 Å². The first-order chi connectivity index (χ1) is 9.11. The maximum atomic E-state index is 11.6. The van der Waals surface area contributed by atoms with Crippen molar-refractivity contribution in [3.63, 3.8) is 0 Å². The molecule has 1 aromatic carbocycles. The summed E-state index contributed by atoms with van der Waals surface area (Å²) in [5.74, 6) is 0.397. The molecule has 3 rings (SSSR count). The molecule has 5 nitrogen and oxygen atoms in total. The molecule has 0 N–H and O–H groups in total. The van der Waals surface area contributed by atoms with E-state index in [0.717, 1.165) is 11.3 Å². The Morgan fingerprint density at radius 2 is 2.16 bits per heavy atom. The lowest BCUT2D eigenvalue weighted by atomic mass is 10.2. The van der Waals surface area contributed by atoms with E-state index >= 15 is 0 Å². The number of nitrogens with zero attached hydrogens (tertiary/aromatic N) is 3. The Hall–Kier alpha value is -2.14. The van der Waals surface area contributed by atoms with Gasteiger partial charge in [-0.25, -0.2) is 14.8 Å². The van der Waals surface area contributed by atoms with Gasteiger partial charge in [-0.15, -0.1) is 0 Å². The van der Waals surface area contributed by atoms with Crippen LogP contribution < -0.4 is 0 Å². The third-order valence-corrected chi connectivity index (χ3v) is 3.28. The second-order valence-electron chi connectivity index (χ2n) is 4.12. The van der Waals surface area contributed by atoms with Crippen LogP contribution in [0.4, 0.5) is 0 Å². The number of aromatic nitrogens is 3. The van der Waals surface area contributed by atoms with Crippen molar-refractivity contribution in [2.75, 3.05) is 7.11 Å². The lowest BCUT2D eigenvalue weighted by molar-refractivity contribution is 0.0601. The number of halogens is 1. The van der Waals surface area contributed by atoms with Crippen LogP contribution in [0.5, 0.6) is 0 Å². The number of aryl methyl sites for hydroxylation is 1. The fourth-order valence-electron chi connectivity index (χ4n) is 2.10. The summed E-state index contributed by atoms with van der Waals surface area (Å²) in [4.78, 5) is 20.1. The van der Waals surface area contributed by atoms with Gasteiger partial charge in [0.25, 0.3) is 0 Å². The van der Waals surface area contributed by atoms with Crippen LogP contribution in [0.1, 0.15) is 16.2 Å². The van der Waals surface area contributed by atoms with Crippen LogP contribution in [0.25, 0.3) is 16.6 Å². The van der Waals surface area contributed by atoms with E-state index in [9.17, 15) is 4.79 Å². The number of esters is 1. The number of carbonyl (C=O) groups excluding carboxylic acids is 1. The monoisotopic (exact) mass is 275 g/mol. The van der Waals surface area contributed by atoms with Crippen LogP contribution in [-0.2, 0) is 4.74 Å². The Balaban J connectivity index is 2.43. The molecule has 6 heteroatoms. The van der Waals surface area contributed by atoms with Crippen LogP contribution in [0, 0.1) is 6.92 Å². The number of rotatable bonds is 1. The summed E-state index contributed by atoms with van der Waals surface area (Å²) in [5, 5.41) is 0.388. The first-order valence-corrected chi connectivity index (χ1v) is 6.01. The molecule has 19 heavy (non-hydrogen) atoms. The molecule has 96 valence electrons. The van der Waals surface area contributed by atoms with E-state index in [4.69, 9.17) is 16.3 Å². The maximum Gasteiger partial charge on any atom is 0.337 e. The maximum absolute atomic E-state index is 11.6. The summed E-state index contributed by atoms with van der Waals surface area (Å²) in [6.07, 6.45) is 1.66. The highest BCUT2D eigenvalue weighted by Gasteiger charge is 2.12. The summed E-state index contributed by atoms with van der Waals surface area (Å²) in [6.45, 7) is 1.87. The highest BCUT2D eigenvalue weighted by atomic mass is 35.5. The van der Waals surface area contributed by atoms with Gasteiger partial charge in [0.15, 0.2) is 5.15 Å². The number of hydrogen-bond acceptors (Lipinski definition) is 4. The zero-order valence-electron chi connectivity index (χ0n) is 10.3. The lowest BCUT2D eigenvalue weighted by Gasteiger charge is -2.07. The van der Waals surface area contributed by atoms with Gasteiger partial charge in [0.1, 0.15) is 11.3 Å². The van der Waals surface area contributed by atoms with Crippen LogP contribution in [-0.4, -0.2) is 27.4 Å². The molecular weight excluding hydrogens is 266 g/mol. The van der Waals surface area contributed by atoms with Crippen molar-refractivity contribution in [2.45, 2.75) is 6.92 Å². The third-order valence-electron chi connectivity index (χ3n) is 3.01. The molecule has 0 bridgehead atoms. The van der Waals surface area contributed by atoms with Gasteiger partial charge in [-0.2, -0.15) is 0 Å². The molecule has 0 atom stereocenters. The smallest absolute Gasteiger partial charge is 0.337 e. The normalized spacial score (nSPS) is 11.1. The average Bonchev–Trinajstić information content (AvgIpc) is 2.81. The van der Waals surface area contributed by atoms with Crippen LogP contribution in [0.2, 0.25) is 5.15 Å². The van der Waals surface area contributed by atoms with Gasteiger partial charge in [0.05, 0.1) is 29.9 Å². The minimum Gasteiger partial charge on any atom is -0.465 e. The molecular formula is C13H10ClN3O2. The third kappa shape index (κ3) is 1.74. The Labute approximate surface area is 113 Å². The van der Waals surface area contributed by atoms with Gasteiger partial charge in [-0.3, -0.25) is 4.40 Å². The summed E-state index contributed by atoms with van der Waals surface area (Å²) >= 11 is 6.12. The molecule has 0 aliphatic rings. The minimum absolute atomic E-state index is 0.386. The number of methoxy groups -OCH3 is 1. The molecule has 0 saturated heterocycles. The predicted octanol–water partition coefficient (Wildman–Crippen LogP) is 2.63. The van der Waals surface area contributed by atoms with Crippen molar-refractivity contribution in [2.24, 2.45) is 0 Å². The number of hydrogen-bond donors (Lipinski definition) is 0. The van der Waals surface area contributed by atoms with Crippen molar-refractivity contribution in [3.05, 3.63) is 40.9 Å². The molecule has 0 radical (unpaired) electrons. The topological polar surface area (TPSA) is 56.5 Å². The number of fused-ring (bicyclic) bond motifs is 3. The van der Waals surface area contributed by atoms with Crippen LogP contribution in [0.15, 0.2) is 24.4 Å². The van der Waals surface area contributed by atoms with E-state index in [1.165, 1.54) is 7.11 Å². The van der Waals surface area contributed by atoms with Crippen LogP contribution >= 0.6 is 11.6 Å². The number of ether oxygens (including phenoxy) is 1. The second kappa shape index (κ2) is 4.20.